The number of anilines is 1. The van der Waals surface area contributed by atoms with Gasteiger partial charge in [-0.3, -0.25) is 19.2 Å². The van der Waals surface area contributed by atoms with Crippen molar-refractivity contribution in [3.63, 3.8) is 0 Å². The number of carbonyl (C=O) groups is 3. The fourth-order valence-corrected chi connectivity index (χ4v) is 4.03. The number of urea groups is 1. The SMILES string of the molecule is O=C1CCN(c2ccc3oc(C4NC(=O)NC4=O)cc3c2)S(=O)(=O)N1. The van der Waals surface area contributed by atoms with E-state index in [1.54, 1.807) is 18.2 Å². The lowest BCUT2D eigenvalue weighted by molar-refractivity contribution is -0.121. The molecule has 0 bridgehead atoms. The average molecular weight is 364 g/mol. The van der Waals surface area contributed by atoms with E-state index < -0.39 is 34.1 Å². The Morgan fingerprint density at radius 1 is 1.16 bits per heavy atom. The zero-order chi connectivity index (χ0) is 17.8. The van der Waals surface area contributed by atoms with E-state index in [2.05, 4.69) is 10.6 Å². The maximum absolute atomic E-state index is 12.1. The van der Waals surface area contributed by atoms with Gasteiger partial charge in [-0.1, -0.05) is 0 Å². The number of hydrogen-bond acceptors (Lipinski definition) is 6. The molecule has 2 saturated heterocycles. The maximum atomic E-state index is 12.1. The molecule has 1 aromatic heterocycles. The van der Waals surface area contributed by atoms with Gasteiger partial charge in [-0.15, -0.1) is 0 Å². The van der Waals surface area contributed by atoms with E-state index in [0.29, 0.717) is 16.7 Å². The molecule has 1 aromatic carbocycles. The van der Waals surface area contributed by atoms with Gasteiger partial charge in [0.25, 0.3) is 5.91 Å². The number of fused-ring (bicyclic) bond motifs is 1. The minimum atomic E-state index is -3.94. The van der Waals surface area contributed by atoms with Crippen LogP contribution in [0.15, 0.2) is 28.7 Å². The van der Waals surface area contributed by atoms with Crippen LogP contribution in [0, 0.1) is 0 Å². The minimum Gasteiger partial charge on any atom is -0.458 e. The molecule has 0 saturated carbocycles. The molecule has 0 radical (unpaired) electrons. The first-order chi connectivity index (χ1) is 11.8. The molecule has 4 amide bonds. The lowest BCUT2D eigenvalue weighted by Gasteiger charge is -2.28. The molecule has 2 aliphatic heterocycles. The number of nitrogens with one attached hydrogen (secondary N) is 3. The Bertz CT molecular complexity index is 1030. The summed E-state index contributed by atoms with van der Waals surface area (Å²) in [6.45, 7) is 0.0332. The summed E-state index contributed by atoms with van der Waals surface area (Å²) < 4.78 is 32.8. The second-order valence-electron chi connectivity index (χ2n) is 5.62. The van der Waals surface area contributed by atoms with Gasteiger partial charge >= 0.3 is 16.2 Å². The third kappa shape index (κ3) is 2.58. The molecule has 2 aromatic rings. The molecule has 130 valence electrons. The Morgan fingerprint density at radius 3 is 2.64 bits per heavy atom. The fraction of sp³-hybridized carbons (Fsp3) is 0.214. The molecule has 0 aliphatic carbocycles. The number of rotatable bonds is 2. The van der Waals surface area contributed by atoms with E-state index in [1.807, 2.05) is 4.72 Å². The Balaban J connectivity index is 1.70. The fourth-order valence-electron chi connectivity index (χ4n) is 2.81. The molecule has 11 heteroatoms. The van der Waals surface area contributed by atoms with Crippen LogP contribution in [0.1, 0.15) is 18.2 Å². The van der Waals surface area contributed by atoms with Crippen LogP contribution in [-0.4, -0.2) is 32.8 Å². The van der Waals surface area contributed by atoms with Gasteiger partial charge in [-0.25, -0.2) is 9.52 Å². The number of nitrogens with zero attached hydrogens (tertiary/aromatic N) is 1. The van der Waals surface area contributed by atoms with Crippen LogP contribution in [-0.2, 0) is 19.8 Å². The first-order valence-corrected chi connectivity index (χ1v) is 8.76. The van der Waals surface area contributed by atoms with E-state index in [0.717, 1.165) is 4.31 Å². The molecule has 1 atom stereocenters. The predicted molar refractivity (Wildman–Crippen MR) is 84.7 cm³/mol. The third-order valence-corrected chi connectivity index (χ3v) is 5.40. The summed E-state index contributed by atoms with van der Waals surface area (Å²) in [7, 11) is -3.94. The number of amides is 4. The van der Waals surface area contributed by atoms with Crippen molar-refractivity contribution in [2.24, 2.45) is 0 Å². The van der Waals surface area contributed by atoms with Gasteiger partial charge in [0, 0.05) is 18.4 Å². The van der Waals surface area contributed by atoms with Crippen molar-refractivity contribution < 1.29 is 27.2 Å². The Labute approximate surface area is 141 Å². The predicted octanol–water partition coefficient (Wildman–Crippen LogP) is -0.116. The van der Waals surface area contributed by atoms with Crippen LogP contribution in [0.5, 0.6) is 0 Å². The van der Waals surface area contributed by atoms with Gasteiger partial charge in [0.2, 0.25) is 5.91 Å². The second-order valence-corrected chi connectivity index (χ2v) is 7.21. The van der Waals surface area contributed by atoms with Crippen molar-refractivity contribution in [3.8, 4) is 0 Å². The van der Waals surface area contributed by atoms with Crippen LogP contribution >= 0.6 is 0 Å². The monoisotopic (exact) mass is 364 g/mol. The van der Waals surface area contributed by atoms with E-state index in [1.165, 1.54) is 6.07 Å². The van der Waals surface area contributed by atoms with Gasteiger partial charge in [-0.05, 0) is 24.3 Å². The van der Waals surface area contributed by atoms with Crippen molar-refractivity contribution in [1.82, 2.24) is 15.4 Å². The molecule has 3 heterocycles. The molecule has 3 N–H and O–H groups in total. The molecule has 4 rings (SSSR count). The van der Waals surface area contributed by atoms with E-state index >= 15 is 0 Å². The molecule has 2 aliphatic rings. The third-order valence-electron chi connectivity index (χ3n) is 3.94. The topological polar surface area (TPSA) is 138 Å². The first-order valence-electron chi connectivity index (χ1n) is 7.32. The summed E-state index contributed by atoms with van der Waals surface area (Å²) in [5, 5.41) is 5.10. The van der Waals surface area contributed by atoms with Gasteiger partial charge in [0.05, 0.1) is 5.69 Å². The van der Waals surface area contributed by atoms with Crippen LogP contribution in [0.4, 0.5) is 10.5 Å². The van der Waals surface area contributed by atoms with Crippen molar-refractivity contribution >= 4 is 44.7 Å². The lowest BCUT2D eigenvalue weighted by atomic mass is 10.2. The van der Waals surface area contributed by atoms with Gasteiger partial charge in [0.1, 0.15) is 11.3 Å². The maximum Gasteiger partial charge on any atom is 0.326 e. The van der Waals surface area contributed by atoms with Crippen molar-refractivity contribution in [3.05, 3.63) is 30.0 Å². The quantitative estimate of drug-likeness (QED) is 0.636. The smallest absolute Gasteiger partial charge is 0.326 e. The van der Waals surface area contributed by atoms with Crippen LogP contribution in [0.2, 0.25) is 0 Å². The lowest BCUT2D eigenvalue weighted by Crippen LogP contribution is -2.49. The highest BCUT2D eigenvalue weighted by Crippen LogP contribution is 2.30. The van der Waals surface area contributed by atoms with Crippen molar-refractivity contribution in [2.75, 3.05) is 10.8 Å². The number of hydrogen-bond donors (Lipinski definition) is 3. The van der Waals surface area contributed by atoms with Gasteiger partial charge in [-0.2, -0.15) is 8.42 Å². The summed E-state index contributed by atoms with van der Waals surface area (Å²) in [6, 6.07) is 4.70. The summed E-state index contributed by atoms with van der Waals surface area (Å²) in [5.41, 5.74) is 0.797. The van der Waals surface area contributed by atoms with Crippen molar-refractivity contribution in [2.45, 2.75) is 12.5 Å². The number of carbonyl (C=O) groups excluding carboxylic acids is 3. The summed E-state index contributed by atoms with van der Waals surface area (Å²) in [4.78, 5) is 34.2. The molecule has 0 spiro atoms. The van der Waals surface area contributed by atoms with E-state index in [-0.39, 0.29) is 18.7 Å². The molecule has 10 nitrogen and oxygen atoms in total. The molecular formula is C14H12N4O6S. The molecule has 1 unspecified atom stereocenters. The van der Waals surface area contributed by atoms with Crippen LogP contribution in [0.25, 0.3) is 11.0 Å². The van der Waals surface area contributed by atoms with Crippen molar-refractivity contribution in [1.29, 1.82) is 0 Å². The summed E-state index contributed by atoms with van der Waals surface area (Å²) in [6.07, 6.45) is 0.0577. The minimum absolute atomic E-state index is 0.0332. The van der Waals surface area contributed by atoms with E-state index in [4.69, 9.17) is 4.42 Å². The zero-order valence-electron chi connectivity index (χ0n) is 12.6. The van der Waals surface area contributed by atoms with Crippen LogP contribution in [0.3, 0.4) is 0 Å². The number of furan rings is 1. The summed E-state index contributed by atoms with van der Waals surface area (Å²) >= 11 is 0. The van der Waals surface area contributed by atoms with Crippen LogP contribution < -0.4 is 19.7 Å². The highest BCUT2D eigenvalue weighted by molar-refractivity contribution is 7.91. The molecule has 2 fully saturated rings. The van der Waals surface area contributed by atoms with Gasteiger partial charge in [0.15, 0.2) is 6.04 Å². The normalized spacial score (nSPS) is 22.6. The first kappa shape index (κ1) is 15.4. The van der Waals surface area contributed by atoms with Gasteiger partial charge < -0.3 is 9.73 Å². The molecular weight excluding hydrogens is 352 g/mol. The highest BCUT2D eigenvalue weighted by Gasteiger charge is 2.34. The Morgan fingerprint density at radius 2 is 1.96 bits per heavy atom. The summed E-state index contributed by atoms with van der Waals surface area (Å²) in [5.74, 6) is -0.832. The Hall–Kier alpha value is -3.08. The zero-order valence-corrected chi connectivity index (χ0v) is 13.4. The average Bonchev–Trinajstić information content (AvgIpc) is 3.08. The second kappa shape index (κ2) is 5.21. The standard InChI is InChI=1S/C14H12N4O6S/c19-11-3-4-18(25(22,23)17-11)8-1-2-9-7(5-8)6-10(24-9)12-13(20)16-14(21)15-12/h1-2,5-6,12H,3-4H2,(H,17,19)(H2,15,16,20,21). The largest absolute Gasteiger partial charge is 0.458 e. The number of imide groups is 1. The van der Waals surface area contributed by atoms with E-state index in [9.17, 15) is 22.8 Å². The highest BCUT2D eigenvalue weighted by atomic mass is 32.2. The Kier molecular flexibility index (Phi) is 3.22. The number of benzene rings is 1. The molecule has 25 heavy (non-hydrogen) atoms.